The summed E-state index contributed by atoms with van der Waals surface area (Å²) in [4.78, 5) is 22.3. The van der Waals surface area contributed by atoms with E-state index < -0.39 is 0 Å². The number of hydrogen-bond acceptors (Lipinski definition) is 2. The summed E-state index contributed by atoms with van der Waals surface area (Å²) in [6, 6.07) is 15.5. The Kier molecular flexibility index (Phi) is 5.09. The quantitative estimate of drug-likeness (QED) is 0.710. The lowest BCUT2D eigenvalue weighted by molar-refractivity contribution is 0.142. The lowest BCUT2D eigenvalue weighted by Gasteiger charge is -2.42. The SMILES string of the molecule is Cl.O=C(N1CCCc2ccccc21)N1[C@@H]2CC[C@H]1C[C@@H](c1ccccn1)C2. The Bertz CT molecular complexity index is 798. The zero-order chi connectivity index (χ0) is 17.5. The third-order valence-corrected chi connectivity index (χ3v) is 6.40. The van der Waals surface area contributed by atoms with Gasteiger partial charge < -0.3 is 4.90 Å². The molecule has 2 aromatic rings. The van der Waals surface area contributed by atoms with E-state index in [0.29, 0.717) is 18.0 Å². The van der Waals surface area contributed by atoms with Crippen LogP contribution in [0.4, 0.5) is 10.5 Å². The molecule has 5 rings (SSSR count). The molecule has 3 aliphatic rings. The first kappa shape index (κ1) is 18.3. The fraction of sp³-hybridized carbons (Fsp3) is 0.455. The maximum absolute atomic E-state index is 13.5. The Hall–Kier alpha value is -2.07. The maximum atomic E-state index is 13.5. The van der Waals surface area contributed by atoms with Crippen molar-refractivity contribution < 1.29 is 4.79 Å². The van der Waals surface area contributed by atoms with Crippen LogP contribution in [-0.2, 0) is 6.42 Å². The number of carbonyl (C=O) groups excluding carboxylic acids is 1. The number of anilines is 1. The van der Waals surface area contributed by atoms with Crippen LogP contribution >= 0.6 is 12.4 Å². The summed E-state index contributed by atoms with van der Waals surface area (Å²) in [7, 11) is 0. The highest BCUT2D eigenvalue weighted by molar-refractivity contribution is 5.94. The predicted molar refractivity (Wildman–Crippen MR) is 110 cm³/mol. The number of halogens is 1. The van der Waals surface area contributed by atoms with E-state index in [1.54, 1.807) is 0 Å². The molecule has 2 bridgehead atoms. The van der Waals surface area contributed by atoms with Crippen molar-refractivity contribution in [1.82, 2.24) is 9.88 Å². The van der Waals surface area contributed by atoms with Gasteiger partial charge in [-0.25, -0.2) is 4.79 Å². The Morgan fingerprint density at radius 3 is 2.48 bits per heavy atom. The number of rotatable bonds is 1. The summed E-state index contributed by atoms with van der Waals surface area (Å²) in [5.41, 5.74) is 3.62. The fourth-order valence-electron chi connectivity index (χ4n) is 5.22. The number of para-hydroxylation sites is 1. The zero-order valence-electron chi connectivity index (χ0n) is 15.5. The van der Waals surface area contributed by atoms with Gasteiger partial charge in [-0.1, -0.05) is 24.3 Å². The van der Waals surface area contributed by atoms with Crippen molar-refractivity contribution in [2.24, 2.45) is 0 Å². The van der Waals surface area contributed by atoms with Gasteiger partial charge in [-0.3, -0.25) is 9.88 Å². The predicted octanol–water partition coefficient (Wildman–Crippen LogP) is 4.79. The smallest absolute Gasteiger partial charge is 0.318 e. The van der Waals surface area contributed by atoms with Crippen LogP contribution in [0.3, 0.4) is 0 Å². The first-order valence-electron chi connectivity index (χ1n) is 9.90. The third-order valence-electron chi connectivity index (χ3n) is 6.40. The van der Waals surface area contributed by atoms with E-state index in [-0.39, 0.29) is 18.4 Å². The second kappa shape index (κ2) is 7.51. The average molecular weight is 384 g/mol. The minimum atomic E-state index is 0. The van der Waals surface area contributed by atoms with Crippen molar-refractivity contribution in [2.75, 3.05) is 11.4 Å². The van der Waals surface area contributed by atoms with E-state index in [4.69, 9.17) is 0 Å². The number of benzene rings is 1. The first-order valence-corrected chi connectivity index (χ1v) is 9.90. The second-order valence-corrected chi connectivity index (χ2v) is 7.88. The largest absolute Gasteiger partial charge is 0.324 e. The Morgan fingerprint density at radius 1 is 1.00 bits per heavy atom. The maximum Gasteiger partial charge on any atom is 0.324 e. The lowest BCUT2D eigenvalue weighted by Crippen LogP contribution is -2.53. The topological polar surface area (TPSA) is 36.4 Å². The van der Waals surface area contributed by atoms with Gasteiger partial charge in [0.1, 0.15) is 0 Å². The number of aryl methyl sites for hydroxylation is 1. The van der Waals surface area contributed by atoms with E-state index >= 15 is 0 Å². The van der Waals surface area contributed by atoms with Crippen molar-refractivity contribution in [1.29, 1.82) is 0 Å². The van der Waals surface area contributed by atoms with Crippen LogP contribution in [0.2, 0.25) is 0 Å². The van der Waals surface area contributed by atoms with Crippen molar-refractivity contribution in [3.8, 4) is 0 Å². The summed E-state index contributed by atoms with van der Waals surface area (Å²) in [5.74, 6) is 0.492. The number of aromatic nitrogens is 1. The molecule has 0 unspecified atom stereocenters. The monoisotopic (exact) mass is 383 g/mol. The Morgan fingerprint density at radius 2 is 1.74 bits per heavy atom. The first-order chi connectivity index (χ1) is 12.8. The number of piperidine rings is 1. The molecule has 1 aromatic heterocycles. The van der Waals surface area contributed by atoms with Gasteiger partial charge >= 0.3 is 6.03 Å². The van der Waals surface area contributed by atoms with Crippen molar-refractivity contribution in [2.45, 2.75) is 56.5 Å². The van der Waals surface area contributed by atoms with Crippen LogP contribution in [0, 0.1) is 0 Å². The molecule has 0 aliphatic carbocycles. The minimum absolute atomic E-state index is 0. The number of pyridine rings is 1. The van der Waals surface area contributed by atoms with E-state index in [1.165, 1.54) is 11.3 Å². The van der Waals surface area contributed by atoms with Crippen LogP contribution in [0.25, 0.3) is 0 Å². The molecule has 1 aromatic carbocycles. The highest BCUT2D eigenvalue weighted by Gasteiger charge is 2.45. The fourth-order valence-corrected chi connectivity index (χ4v) is 5.22. The van der Waals surface area contributed by atoms with E-state index in [1.807, 2.05) is 23.2 Å². The number of urea groups is 1. The van der Waals surface area contributed by atoms with Gasteiger partial charge in [0.05, 0.1) is 0 Å². The molecular formula is C22H26ClN3O. The molecule has 27 heavy (non-hydrogen) atoms. The molecule has 5 heteroatoms. The van der Waals surface area contributed by atoms with E-state index in [2.05, 4.69) is 40.2 Å². The summed E-state index contributed by atoms with van der Waals surface area (Å²) in [6.07, 6.45) is 8.39. The molecule has 2 fully saturated rings. The van der Waals surface area contributed by atoms with Crippen LogP contribution < -0.4 is 4.90 Å². The van der Waals surface area contributed by atoms with Gasteiger partial charge in [0, 0.05) is 42.1 Å². The van der Waals surface area contributed by atoms with Crippen LogP contribution in [0.15, 0.2) is 48.7 Å². The standard InChI is InChI=1S/C22H25N3O.ClH/c26-22(24-13-5-7-16-6-1-2-9-21(16)24)25-18-10-11-19(25)15-17(14-18)20-8-3-4-12-23-20;/h1-4,6,8-9,12,17-19H,5,7,10-11,13-15H2;1H/t17-,18+,19-;. The normalized spacial score (nSPS) is 26.3. The Balaban J connectivity index is 0.00000180. The van der Waals surface area contributed by atoms with Gasteiger partial charge in [-0.05, 0) is 62.3 Å². The lowest BCUT2D eigenvalue weighted by atomic mass is 9.88. The van der Waals surface area contributed by atoms with E-state index in [9.17, 15) is 4.79 Å². The number of amides is 2. The van der Waals surface area contributed by atoms with Crippen LogP contribution in [-0.4, -0.2) is 34.5 Å². The molecule has 0 spiro atoms. The minimum Gasteiger partial charge on any atom is -0.318 e. The molecule has 4 heterocycles. The average Bonchev–Trinajstić information content (AvgIpc) is 2.97. The summed E-state index contributed by atoms with van der Waals surface area (Å²) in [5, 5.41) is 0. The molecule has 3 aliphatic heterocycles. The van der Waals surface area contributed by atoms with Gasteiger partial charge in [-0.15, -0.1) is 12.4 Å². The van der Waals surface area contributed by atoms with Gasteiger partial charge in [0.15, 0.2) is 0 Å². The number of carbonyl (C=O) groups is 1. The van der Waals surface area contributed by atoms with Gasteiger partial charge in [0.25, 0.3) is 0 Å². The van der Waals surface area contributed by atoms with Crippen molar-refractivity contribution in [3.05, 3.63) is 59.9 Å². The second-order valence-electron chi connectivity index (χ2n) is 7.88. The van der Waals surface area contributed by atoms with Crippen LogP contribution in [0.1, 0.15) is 49.3 Å². The molecule has 2 saturated heterocycles. The molecule has 3 atom stereocenters. The van der Waals surface area contributed by atoms with Crippen molar-refractivity contribution in [3.63, 3.8) is 0 Å². The Labute approximate surface area is 167 Å². The summed E-state index contributed by atoms with van der Waals surface area (Å²) < 4.78 is 0. The van der Waals surface area contributed by atoms with E-state index in [0.717, 1.165) is 50.8 Å². The third kappa shape index (κ3) is 3.20. The van der Waals surface area contributed by atoms with Gasteiger partial charge in [0.2, 0.25) is 0 Å². The highest BCUT2D eigenvalue weighted by Crippen LogP contribution is 2.43. The summed E-state index contributed by atoms with van der Waals surface area (Å²) in [6.45, 7) is 0.843. The molecule has 2 amide bonds. The highest BCUT2D eigenvalue weighted by atomic mass is 35.5. The molecule has 0 N–H and O–H groups in total. The molecule has 0 radical (unpaired) electrons. The van der Waals surface area contributed by atoms with Crippen molar-refractivity contribution >= 4 is 24.1 Å². The summed E-state index contributed by atoms with van der Waals surface area (Å²) >= 11 is 0. The van der Waals surface area contributed by atoms with Gasteiger partial charge in [-0.2, -0.15) is 0 Å². The molecule has 4 nitrogen and oxygen atoms in total. The molecule has 142 valence electrons. The molecule has 0 saturated carbocycles. The number of hydrogen-bond donors (Lipinski definition) is 0. The van der Waals surface area contributed by atoms with Crippen LogP contribution in [0.5, 0.6) is 0 Å². The number of fused-ring (bicyclic) bond motifs is 3. The number of nitrogens with zero attached hydrogens (tertiary/aromatic N) is 3. The zero-order valence-corrected chi connectivity index (χ0v) is 16.3. The molecular weight excluding hydrogens is 358 g/mol.